The lowest BCUT2D eigenvalue weighted by atomic mass is 10.0. The molecule has 1 heterocycles. The Bertz CT molecular complexity index is 631. The van der Waals surface area contributed by atoms with Gasteiger partial charge in [-0.25, -0.2) is 4.98 Å². The molecule has 0 saturated heterocycles. The molecule has 0 saturated carbocycles. The van der Waals surface area contributed by atoms with Gasteiger partial charge in [-0.2, -0.15) is 0 Å². The van der Waals surface area contributed by atoms with Crippen molar-refractivity contribution in [3.05, 3.63) is 41.0 Å². The molecule has 2 rings (SSSR count). The number of amides is 1. The number of carbonyl (C=O) groups is 1. The fourth-order valence-electron chi connectivity index (χ4n) is 2.30. The van der Waals surface area contributed by atoms with Crippen molar-refractivity contribution in [2.45, 2.75) is 19.8 Å². The fraction of sp³-hybridized carbons (Fsp3) is 0.375. The average molecular weight is 307 g/mol. The molecule has 0 aliphatic carbocycles. The quantitative estimate of drug-likeness (QED) is 0.806. The predicted molar refractivity (Wildman–Crippen MR) is 84.6 cm³/mol. The highest BCUT2D eigenvalue weighted by Crippen LogP contribution is 2.20. The summed E-state index contributed by atoms with van der Waals surface area (Å²) in [7, 11) is 0. The summed E-state index contributed by atoms with van der Waals surface area (Å²) in [5.74, 6) is 0.120. The smallest absolute Gasteiger partial charge is 0.252 e. The van der Waals surface area contributed by atoms with Gasteiger partial charge in [-0.1, -0.05) is 43.1 Å². The molecule has 1 aromatic carbocycles. The van der Waals surface area contributed by atoms with Gasteiger partial charge in [0.05, 0.1) is 11.1 Å². The van der Waals surface area contributed by atoms with Crippen LogP contribution in [0, 0.1) is 5.92 Å². The number of aliphatic hydroxyl groups excluding tert-OH is 1. The van der Waals surface area contributed by atoms with Crippen LogP contribution in [0.2, 0.25) is 5.15 Å². The van der Waals surface area contributed by atoms with Gasteiger partial charge in [0.2, 0.25) is 0 Å². The standard InChI is InChI=1S/C16H19ClN2O2/c1-2-11(7-8-20)10-18-16(21)13-9-15(17)19-14-6-4-3-5-12(13)14/h3-6,9,11,20H,2,7-8,10H2,1H3,(H,18,21). The third-order valence-electron chi connectivity index (χ3n) is 3.60. The minimum absolute atomic E-state index is 0.137. The second-order valence-electron chi connectivity index (χ2n) is 5.01. The van der Waals surface area contributed by atoms with Crippen LogP contribution in [0.15, 0.2) is 30.3 Å². The van der Waals surface area contributed by atoms with Crippen LogP contribution in [0.4, 0.5) is 0 Å². The van der Waals surface area contributed by atoms with E-state index in [9.17, 15) is 4.79 Å². The minimum Gasteiger partial charge on any atom is -0.396 e. The summed E-state index contributed by atoms with van der Waals surface area (Å²) in [5.41, 5.74) is 1.24. The first-order valence-electron chi connectivity index (χ1n) is 7.10. The van der Waals surface area contributed by atoms with Crippen molar-refractivity contribution in [3.8, 4) is 0 Å². The molecule has 0 aliphatic heterocycles. The molecule has 2 N–H and O–H groups in total. The van der Waals surface area contributed by atoms with Crippen molar-refractivity contribution in [1.82, 2.24) is 10.3 Å². The molecule has 112 valence electrons. The Labute approximate surface area is 129 Å². The van der Waals surface area contributed by atoms with Crippen molar-refractivity contribution < 1.29 is 9.90 Å². The number of aliphatic hydroxyl groups is 1. The maximum Gasteiger partial charge on any atom is 0.252 e. The van der Waals surface area contributed by atoms with Crippen LogP contribution in [0.1, 0.15) is 30.1 Å². The van der Waals surface area contributed by atoms with Gasteiger partial charge in [0, 0.05) is 18.5 Å². The van der Waals surface area contributed by atoms with E-state index in [1.54, 1.807) is 6.07 Å². The summed E-state index contributed by atoms with van der Waals surface area (Å²) >= 11 is 5.98. The first-order chi connectivity index (χ1) is 10.2. The predicted octanol–water partition coefficient (Wildman–Crippen LogP) is 3.03. The second-order valence-corrected chi connectivity index (χ2v) is 5.39. The summed E-state index contributed by atoms with van der Waals surface area (Å²) in [6, 6.07) is 9.01. The summed E-state index contributed by atoms with van der Waals surface area (Å²) in [4.78, 5) is 16.6. The Kier molecular flexibility index (Phi) is 5.53. The lowest BCUT2D eigenvalue weighted by Gasteiger charge is -2.15. The molecule has 0 spiro atoms. The van der Waals surface area contributed by atoms with Gasteiger partial charge in [-0.15, -0.1) is 0 Å². The molecule has 21 heavy (non-hydrogen) atoms. The van der Waals surface area contributed by atoms with Gasteiger partial charge in [0.1, 0.15) is 5.15 Å². The molecule has 1 atom stereocenters. The van der Waals surface area contributed by atoms with E-state index in [1.807, 2.05) is 31.2 Å². The Morgan fingerprint density at radius 2 is 2.19 bits per heavy atom. The topological polar surface area (TPSA) is 62.2 Å². The number of fused-ring (bicyclic) bond motifs is 1. The molecule has 5 heteroatoms. The highest BCUT2D eigenvalue weighted by molar-refractivity contribution is 6.30. The number of hydrogen-bond acceptors (Lipinski definition) is 3. The summed E-state index contributed by atoms with van der Waals surface area (Å²) < 4.78 is 0. The number of halogens is 1. The SMILES string of the molecule is CCC(CCO)CNC(=O)c1cc(Cl)nc2ccccc12. The number of benzene rings is 1. The molecular formula is C16H19ClN2O2. The van der Waals surface area contributed by atoms with E-state index in [0.29, 0.717) is 29.2 Å². The number of carbonyl (C=O) groups excluding carboxylic acids is 1. The molecular weight excluding hydrogens is 288 g/mol. The number of hydrogen-bond donors (Lipinski definition) is 2. The van der Waals surface area contributed by atoms with Gasteiger partial charge >= 0.3 is 0 Å². The molecule has 1 unspecified atom stereocenters. The highest BCUT2D eigenvalue weighted by Gasteiger charge is 2.14. The van der Waals surface area contributed by atoms with Crippen LogP contribution < -0.4 is 5.32 Å². The van der Waals surface area contributed by atoms with Gasteiger partial charge < -0.3 is 10.4 Å². The Hall–Kier alpha value is -1.65. The lowest BCUT2D eigenvalue weighted by molar-refractivity contribution is 0.0945. The van der Waals surface area contributed by atoms with Gasteiger partial charge in [0.15, 0.2) is 0 Å². The average Bonchev–Trinajstić information content (AvgIpc) is 2.50. The number of rotatable bonds is 6. The molecule has 0 radical (unpaired) electrons. The third-order valence-corrected chi connectivity index (χ3v) is 3.79. The molecule has 1 amide bonds. The zero-order valence-electron chi connectivity index (χ0n) is 12.0. The Morgan fingerprint density at radius 1 is 1.43 bits per heavy atom. The molecule has 4 nitrogen and oxygen atoms in total. The Balaban J connectivity index is 2.19. The summed E-state index contributed by atoms with van der Waals surface area (Å²) in [6.07, 6.45) is 1.60. The normalized spacial score (nSPS) is 12.3. The van der Waals surface area contributed by atoms with Crippen molar-refractivity contribution in [1.29, 1.82) is 0 Å². The van der Waals surface area contributed by atoms with Crippen molar-refractivity contribution in [3.63, 3.8) is 0 Å². The van der Waals surface area contributed by atoms with Crippen LogP contribution >= 0.6 is 11.6 Å². The zero-order valence-corrected chi connectivity index (χ0v) is 12.7. The maximum absolute atomic E-state index is 12.4. The molecule has 0 bridgehead atoms. The maximum atomic E-state index is 12.4. The summed E-state index contributed by atoms with van der Waals surface area (Å²) in [6.45, 7) is 2.73. The van der Waals surface area contributed by atoms with E-state index in [-0.39, 0.29) is 18.4 Å². The number of aromatic nitrogens is 1. The van der Waals surface area contributed by atoms with Crippen LogP contribution in [-0.2, 0) is 0 Å². The van der Waals surface area contributed by atoms with E-state index in [1.165, 1.54) is 0 Å². The largest absolute Gasteiger partial charge is 0.396 e. The van der Waals surface area contributed by atoms with E-state index in [2.05, 4.69) is 10.3 Å². The fourth-order valence-corrected chi connectivity index (χ4v) is 2.50. The van der Waals surface area contributed by atoms with Crippen LogP contribution in [-0.4, -0.2) is 29.1 Å². The number of nitrogens with zero attached hydrogens (tertiary/aromatic N) is 1. The lowest BCUT2D eigenvalue weighted by Crippen LogP contribution is -2.29. The summed E-state index contributed by atoms with van der Waals surface area (Å²) in [5, 5.41) is 13.0. The van der Waals surface area contributed by atoms with Crippen molar-refractivity contribution in [2.75, 3.05) is 13.2 Å². The van der Waals surface area contributed by atoms with E-state index in [0.717, 1.165) is 11.8 Å². The van der Waals surface area contributed by atoms with Gasteiger partial charge in [-0.3, -0.25) is 4.79 Å². The van der Waals surface area contributed by atoms with E-state index < -0.39 is 0 Å². The van der Waals surface area contributed by atoms with Gasteiger partial charge in [-0.05, 0) is 24.5 Å². The van der Waals surface area contributed by atoms with Crippen LogP contribution in [0.5, 0.6) is 0 Å². The zero-order chi connectivity index (χ0) is 15.2. The number of nitrogens with one attached hydrogen (secondary N) is 1. The first kappa shape index (κ1) is 15.7. The second kappa shape index (κ2) is 7.38. The van der Waals surface area contributed by atoms with Crippen LogP contribution in [0.25, 0.3) is 10.9 Å². The first-order valence-corrected chi connectivity index (χ1v) is 7.47. The van der Waals surface area contributed by atoms with E-state index in [4.69, 9.17) is 16.7 Å². The van der Waals surface area contributed by atoms with E-state index >= 15 is 0 Å². The monoisotopic (exact) mass is 306 g/mol. The highest BCUT2D eigenvalue weighted by atomic mass is 35.5. The van der Waals surface area contributed by atoms with Gasteiger partial charge in [0.25, 0.3) is 5.91 Å². The van der Waals surface area contributed by atoms with Crippen molar-refractivity contribution in [2.24, 2.45) is 5.92 Å². The number of para-hydroxylation sites is 1. The Morgan fingerprint density at radius 3 is 2.90 bits per heavy atom. The molecule has 2 aromatic rings. The minimum atomic E-state index is -0.160. The van der Waals surface area contributed by atoms with Crippen LogP contribution in [0.3, 0.4) is 0 Å². The molecule has 0 fully saturated rings. The molecule has 0 aliphatic rings. The number of pyridine rings is 1. The molecule has 1 aromatic heterocycles. The third kappa shape index (κ3) is 3.93. The van der Waals surface area contributed by atoms with Crippen molar-refractivity contribution >= 4 is 28.4 Å².